The minimum absolute atomic E-state index is 0.277. The predicted molar refractivity (Wildman–Crippen MR) is 75.8 cm³/mol. The van der Waals surface area contributed by atoms with Crippen LogP contribution in [0.5, 0.6) is 0 Å². The van der Waals surface area contributed by atoms with Crippen molar-refractivity contribution in [2.75, 3.05) is 32.8 Å². The third kappa shape index (κ3) is 3.68. The molecule has 0 aromatic heterocycles. The Morgan fingerprint density at radius 1 is 1.42 bits per heavy atom. The van der Waals surface area contributed by atoms with Gasteiger partial charge in [-0.05, 0) is 45.6 Å². The van der Waals surface area contributed by atoms with Gasteiger partial charge in [-0.1, -0.05) is 6.42 Å². The minimum Gasteiger partial charge on any atom is -0.379 e. The zero-order chi connectivity index (χ0) is 13.7. The van der Waals surface area contributed by atoms with Gasteiger partial charge >= 0.3 is 0 Å². The number of hydrogen-bond donors (Lipinski definition) is 1. The third-order valence-corrected chi connectivity index (χ3v) is 4.46. The van der Waals surface area contributed by atoms with Gasteiger partial charge in [0.15, 0.2) is 0 Å². The molecule has 108 valence electrons. The molecular formula is C15H27N3O. The Hall–Kier alpha value is -0.630. The zero-order valence-electron chi connectivity index (χ0n) is 12.3. The highest BCUT2D eigenvalue weighted by atomic mass is 16.5. The van der Waals surface area contributed by atoms with Crippen molar-refractivity contribution in [2.24, 2.45) is 5.92 Å². The van der Waals surface area contributed by atoms with Gasteiger partial charge in [0, 0.05) is 19.1 Å². The van der Waals surface area contributed by atoms with Gasteiger partial charge in [-0.25, -0.2) is 0 Å². The number of morpholine rings is 1. The second-order valence-electron chi connectivity index (χ2n) is 6.21. The van der Waals surface area contributed by atoms with Crippen LogP contribution in [0, 0.1) is 17.2 Å². The first-order valence-electron chi connectivity index (χ1n) is 7.65. The summed E-state index contributed by atoms with van der Waals surface area (Å²) in [4.78, 5) is 2.47. The second kappa shape index (κ2) is 6.69. The summed E-state index contributed by atoms with van der Waals surface area (Å²) in [5, 5.41) is 13.2. The van der Waals surface area contributed by atoms with Crippen LogP contribution >= 0.6 is 0 Å². The van der Waals surface area contributed by atoms with Gasteiger partial charge in [0.05, 0.1) is 19.3 Å². The standard InChI is InChI=1S/C15H27N3O/c1-13(2)17-15(12-16)6-3-4-14(15)5-7-18-8-10-19-11-9-18/h13-14,17H,3-11H2,1-2H3. The Bertz CT molecular complexity index is 320. The highest BCUT2D eigenvalue weighted by Crippen LogP contribution is 2.38. The van der Waals surface area contributed by atoms with Crippen LogP contribution in [-0.2, 0) is 4.74 Å². The van der Waals surface area contributed by atoms with E-state index in [0.29, 0.717) is 12.0 Å². The summed E-state index contributed by atoms with van der Waals surface area (Å²) in [6, 6.07) is 2.97. The maximum atomic E-state index is 9.63. The molecule has 4 heteroatoms. The van der Waals surface area contributed by atoms with Gasteiger partial charge in [-0.15, -0.1) is 0 Å². The van der Waals surface area contributed by atoms with Gasteiger partial charge in [-0.2, -0.15) is 5.26 Å². The van der Waals surface area contributed by atoms with E-state index in [2.05, 4.69) is 30.1 Å². The van der Waals surface area contributed by atoms with Crippen molar-refractivity contribution in [3.63, 3.8) is 0 Å². The van der Waals surface area contributed by atoms with Crippen LogP contribution in [0.3, 0.4) is 0 Å². The number of nitriles is 1. The van der Waals surface area contributed by atoms with Gasteiger partial charge in [0.2, 0.25) is 0 Å². The van der Waals surface area contributed by atoms with E-state index in [0.717, 1.165) is 45.7 Å². The Morgan fingerprint density at radius 3 is 2.79 bits per heavy atom. The molecule has 1 N–H and O–H groups in total. The van der Waals surface area contributed by atoms with E-state index in [-0.39, 0.29) is 5.54 Å². The molecule has 2 atom stereocenters. The van der Waals surface area contributed by atoms with E-state index >= 15 is 0 Å². The molecule has 2 rings (SSSR count). The SMILES string of the molecule is CC(C)NC1(C#N)CCCC1CCN1CCOCC1. The second-order valence-corrected chi connectivity index (χ2v) is 6.21. The molecule has 0 spiro atoms. The van der Waals surface area contributed by atoms with Crippen molar-refractivity contribution in [3.05, 3.63) is 0 Å². The molecule has 1 heterocycles. The van der Waals surface area contributed by atoms with Crippen molar-refractivity contribution >= 4 is 0 Å². The van der Waals surface area contributed by atoms with Crippen LogP contribution in [-0.4, -0.2) is 49.3 Å². The first kappa shape index (κ1) is 14.8. The minimum atomic E-state index is -0.277. The molecule has 4 nitrogen and oxygen atoms in total. The highest BCUT2D eigenvalue weighted by Gasteiger charge is 2.43. The first-order valence-corrected chi connectivity index (χ1v) is 7.65. The Kier molecular flexibility index (Phi) is 5.20. The van der Waals surface area contributed by atoms with Crippen LogP contribution in [0.4, 0.5) is 0 Å². The van der Waals surface area contributed by atoms with E-state index in [9.17, 15) is 5.26 Å². The van der Waals surface area contributed by atoms with E-state index in [1.54, 1.807) is 0 Å². The molecule has 2 unspecified atom stereocenters. The number of ether oxygens (including phenoxy) is 1. The lowest BCUT2D eigenvalue weighted by molar-refractivity contribution is 0.0342. The number of rotatable bonds is 5. The quantitative estimate of drug-likeness (QED) is 0.823. The normalized spacial score (nSPS) is 32.6. The average molecular weight is 265 g/mol. The van der Waals surface area contributed by atoms with E-state index in [1.807, 2.05) is 0 Å². The topological polar surface area (TPSA) is 48.3 Å². The summed E-state index contributed by atoms with van der Waals surface area (Å²) in [5.41, 5.74) is -0.277. The third-order valence-electron chi connectivity index (χ3n) is 4.46. The molecule has 1 aliphatic carbocycles. The molecular weight excluding hydrogens is 238 g/mol. The highest BCUT2D eigenvalue weighted by molar-refractivity contribution is 5.14. The molecule has 2 fully saturated rings. The summed E-state index contributed by atoms with van der Waals surface area (Å²) in [6.45, 7) is 9.19. The monoisotopic (exact) mass is 265 g/mol. The first-order chi connectivity index (χ1) is 9.16. The largest absolute Gasteiger partial charge is 0.379 e. The van der Waals surface area contributed by atoms with Crippen molar-refractivity contribution < 1.29 is 4.74 Å². The molecule has 0 amide bonds. The molecule has 1 aliphatic heterocycles. The van der Waals surface area contributed by atoms with Crippen molar-refractivity contribution in [3.8, 4) is 6.07 Å². The molecule has 0 aromatic carbocycles. The lowest BCUT2D eigenvalue weighted by Gasteiger charge is -2.34. The summed E-state index contributed by atoms with van der Waals surface area (Å²) >= 11 is 0. The fourth-order valence-corrected chi connectivity index (χ4v) is 3.52. The number of nitrogens with one attached hydrogen (secondary N) is 1. The predicted octanol–water partition coefficient (Wildman–Crippen LogP) is 1.77. The van der Waals surface area contributed by atoms with E-state index < -0.39 is 0 Å². The zero-order valence-corrected chi connectivity index (χ0v) is 12.3. The van der Waals surface area contributed by atoms with E-state index in [1.165, 1.54) is 12.8 Å². The molecule has 2 aliphatic rings. The van der Waals surface area contributed by atoms with Gasteiger partial charge in [0.1, 0.15) is 5.54 Å². The van der Waals surface area contributed by atoms with Crippen molar-refractivity contribution in [2.45, 2.75) is 51.1 Å². The van der Waals surface area contributed by atoms with Gasteiger partial charge in [-0.3, -0.25) is 10.2 Å². The molecule has 1 saturated heterocycles. The maximum Gasteiger partial charge on any atom is 0.109 e. The van der Waals surface area contributed by atoms with Gasteiger partial charge < -0.3 is 4.74 Å². The van der Waals surface area contributed by atoms with Crippen molar-refractivity contribution in [1.29, 1.82) is 5.26 Å². The van der Waals surface area contributed by atoms with E-state index in [4.69, 9.17) is 4.74 Å². The van der Waals surface area contributed by atoms with Gasteiger partial charge in [0.25, 0.3) is 0 Å². The van der Waals surface area contributed by atoms with Crippen LogP contribution in [0.2, 0.25) is 0 Å². The Morgan fingerprint density at radius 2 is 2.16 bits per heavy atom. The van der Waals surface area contributed by atoms with Crippen LogP contribution in [0.25, 0.3) is 0 Å². The summed E-state index contributed by atoms with van der Waals surface area (Å²) in [5.74, 6) is 0.503. The van der Waals surface area contributed by atoms with Crippen LogP contribution in [0.15, 0.2) is 0 Å². The summed E-state index contributed by atoms with van der Waals surface area (Å²) < 4.78 is 5.38. The average Bonchev–Trinajstić information content (AvgIpc) is 2.80. The Labute approximate surface area is 117 Å². The molecule has 0 aromatic rings. The molecule has 0 bridgehead atoms. The fraction of sp³-hybridized carbons (Fsp3) is 0.933. The Balaban J connectivity index is 1.88. The number of hydrogen-bond acceptors (Lipinski definition) is 4. The molecule has 19 heavy (non-hydrogen) atoms. The smallest absolute Gasteiger partial charge is 0.109 e. The van der Waals surface area contributed by atoms with Crippen LogP contribution in [0.1, 0.15) is 39.5 Å². The summed E-state index contributed by atoms with van der Waals surface area (Å²) in [7, 11) is 0. The maximum absolute atomic E-state index is 9.63. The number of nitrogens with zero attached hydrogens (tertiary/aromatic N) is 2. The van der Waals surface area contributed by atoms with Crippen LogP contribution < -0.4 is 5.32 Å². The summed E-state index contributed by atoms with van der Waals surface area (Å²) in [6.07, 6.45) is 4.52. The molecule has 1 saturated carbocycles. The van der Waals surface area contributed by atoms with Crippen molar-refractivity contribution in [1.82, 2.24) is 10.2 Å². The fourth-order valence-electron chi connectivity index (χ4n) is 3.52. The molecule has 0 radical (unpaired) electrons. The lowest BCUT2D eigenvalue weighted by atomic mass is 9.85. The lowest BCUT2D eigenvalue weighted by Crippen LogP contribution is -2.51.